The lowest BCUT2D eigenvalue weighted by molar-refractivity contribution is 0.0939. The van der Waals surface area contributed by atoms with Crippen molar-refractivity contribution >= 4 is 17.5 Å². The number of aromatic nitrogens is 2. The molecular weight excluding hydrogens is 408 g/mol. The van der Waals surface area contributed by atoms with Gasteiger partial charge in [-0.3, -0.25) is 4.79 Å². The summed E-state index contributed by atoms with van der Waals surface area (Å²) >= 11 is 6.42. The van der Waals surface area contributed by atoms with Gasteiger partial charge in [0.15, 0.2) is 0 Å². The highest BCUT2D eigenvalue weighted by atomic mass is 35.5. The second-order valence-corrected chi connectivity index (χ2v) is 8.66. The SMILES string of the molecule is Cc1ccc(C)c(-n2nc(-c3ccccc3Cl)cc2C(=O)NCCN2CCCCC2)c1. The third-order valence-electron chi connectivity index (χ3n) is 5.85. The van der Waals surface area contributed by atoms with Crippen LogP contribution in [0.5, 0.6) is 0 Å². The number of amides is 1. The van der Waals surface area contributed by atoms with Crippen LogP contribution < -0.4 is 5.32 Å². The van der Waals surface area contributed by atoms with Crippen LogP contribution in [0.2, 0.25) is 5.02 Å². The first-order chi connectivity index (χ1) is 15.0. The molecule has 1 N–H and O–H groups in total. The number of carbonyl (C=O) groups is 1. The van der Waals surface area contributed by atoms with E-state index < -0.39 is 0 Å². The molecule has 4 rings (SSSR count). The van der Waals surface area contributed by atoms with E-state index in [4.69, 9.17) is 16.7 Å². The summed E-state index contributed by atoms with van der Waals surface area (Å²) in [6.45, 7) is 7.81. The molecule has 1 aliphatic heterocycles. The van der Waals surface area contributed by atoms with E-state index in [-0.39, 0.29) is 5.91 Å². The van der Waals surface area contributed by atoms with Gasteiger partial charge in [-0.25, -0.2) is 4.68 Å². The van der Waals surface area contributed by atoms with Gasteiger partial charge in [0.25, 0.3) is 5.91 Å². The lowest BCUT2D eigenvalue weighted by Gasteiger charge is -2.26. The number of halogens is 1. The number of carbonyl (C=O) groups excluding carboxylic acids is 1. The number of nitrogens with one attached hydrogen (secondary N) is 1. The molecule has 2 aromatic carbocycles. The van der Waals surface area contributed by atoms with Crippen molar-refractivity contribution in [1.82, 2.24) is 20.0 Å². The minimum absolute atomic E-state index is 0.122. The summed E-state index contributed by atoms with van der Waals surface area (Å²) < 4.78 is 1.75. The van der Waals surface area contributed by atoms with Crippen molar-refractivity contribution in [2.75, 3.05) is 26.2 Å². The van der Waals surface area contributed by atoms with Crippen molar-refractivity contribution < 1.29 is 4.79 Å². The van der Waals surface area contributed by atoms with Gasteiger partial charge in [0.05, 0.1) is 16.4 Å². The maximum absolute atomic E-state index is 13.2. The number of likely N-dealkylation sites (tertiary alicyclic amines) is 1. The quantitative estimate of drug-likeness (QED) is 0.589. The number of rotatable bonds is 6. The van der Waals surface area contributed by atoms with Gasteiger partial charge in [-0.15, -0.1) is 0 Å². The molecule has 0 saturated carbocycles. The highest BCUT2D eigenvalue weighted by Crippen LogP contribution is 2.29. The van der Waals surface area contributed by atoms with Gasteiger partial charge in [-0.05, 0) is 69.1 Å². The first-order valence-corrected chi connectivity index (χ1v) is 11.3. The molecule has 0 spiro atoms. The van der Waals surface area contributed by atoms with Crippen LogP contribution in [0.25, 0.3) is 16.9 Å². The smallest absolute Gasteiger partial charge is 0.270 e. The van der Waals surface area contributed by atoms with Gasteiger partial charge < -0.3 is 10.2 Å². The Kier molecular flexibility index (Phi) is 6.73. The van der Waals surface area contributed by atoms with Gasteiger partial charge >= 0.3 is 0 Å². The topological polar surface area (TPSA) is 50.2 Å². The molecule has 2 heterocycles. The predicted octanol–water partition coefficient (Wildman–Crippen LogP) is 5.03. The first kappa shape index (κ1) is 21.6. The third kappa shape index (κ3) is 5.00. The maximum Gasteiger partial charge on any atom is 0.270 e. The van der Waals surface area contributed by atoms with Gasteiger partial charge in [-0.1, -0.05) is 48.4 Å². The fourth-order valence-corrected chi connectivity index (χ4v) is 4.31. The molecule has 31 heavy (non-hydrogen) atoms. The fraction of sp³-hybridized carbons (Fsp3) is 0.360. The zero-order chi connectivity index (χ0) is 21.8. The molecule has 0 atom stereocenters. The summed E-state index contributed by atoms with van der Waals surface area (Å²) in [5.74, 6) is -0.122. The first-order valence-electron chi connectivity index (χ1n) is 11.0. The van der Waals surface area contributed by atoms with Crippen molar-refractivity contribution in [2.45, 2.75) is 33.1 Å². The molecule has 162 valence electrons. The van der Waals surface area contributed by atoms with Gasteiger partial charge in [-0.2, -0.15) is 5.10 Å². The van der Waals surface area contributed by atoms with Gasteiger partial charge in [0.2, 0.25) is 0 Å². The Morgan fingerprint density at radius 1 is 1.06 bits per heavy atom. The third-order valence-corrected chi connectivity index (χ3v) is 6.18. The van der Waals surface area contributed by atoms with Crippen LogP contribution >= 0.6 is 11.6 Å². The van der Waals surface area contributed by atoms with Crippen LogP contribution in [0, 0.1) is 13.8 Å². The Balaban J connectivity index is 1.63. The van der Waals surface area contributed by atoms with E-state index in [1.165, 1.54) is 19.3 Å². The summed E-state index contributed by atoms with van der Waals surface area (Å²) in [5.41, 5.74) is 5.10. The summed E-state index contributed by atoms with van der Waals surface area (Å²) in [5, 5.41) is 8.50. The van der Waals surface area contributed by atoms with Crippen LogP contribution in [0.4, 0.5) is 0 Å². The molecule has 1 fully saturated rings. The zero-order valence-corrected chi connectivity index (χ0v) is 19.0. The van der Waals surface area contributed by atoms with E-state index in [1.54, 1.807) is 4.68 Å². The summed E-state index contributed by atoms with van der Waals surface area (Å²) in [7, 11) is 0. The lowest BCUT2D eigenvalue weighted by Crippen LogP contribution is -2.38. The van der Waals surface area contributed by atoms with Crippen molar-refractivity contribution in [2.24, 2.45) is 0 Å². The highest BCUT2D eigenvalue weighted by Gasteiger charge is 2.20. The fourth-order valence-electron chi connectivity index (χ4n) is 4.08. The molecule has 1 amide bonds. The number of piperidine rings is 1. The summed E-state index contributed by atoms with van der Waals surface area (Å²) in [4.78, 5) is 15.6. The van der Waals surface area contributed by atoms with Crippen molar-refractivity contribution in [1.29, 1.82) is 0 Å². The molecule has 5 nitrogen and oxygen atoms in total. The Bertz CT molecular complexity index is 1070. The molecule has 3 aromatic rings. The predicted molar refractivity (Wildman–Crippen MR) is 126 cm³/mol. The second kappa shape index (κ2) is 9.67. The van der Waals surface area contributed by atoms with Crippen LogP contribution in [-0.2, 0) is 0 Å². The highest BCUT2D eigenvalue weighted by molar-refractivity contribution is 6.33. The molecular formula is C25H29ClN4O. The maximum atomic E-state index is 13.2. The summed E-state index contributed by atoms with van der Waals surface area (Å²) in [6, 6.07) is 15.6. The number of benzene rings is 2. The van der Waals surface area contributed by atoms with E-state index in [0.29, 0.717) is 23.0 Å². The molecule has 1 aromatic heterocycles. The molecule has 1 saturated heterocycles. The van der Waals surface area contributed by atoms with E-state index in [9.17, 15) is 4.79 Å². The summed E-state index contributed by atoms with van der Waals surface area (Å²) in [6.07, 6.45) is 3.80. The second-order valence-electron chi connectivity index (χ2n) is 8.25. The Labute approximate surface area is 189 Å². The number of nitrogens with zero attached hydrogens (tertiary/aromatic N) is 3. The largest absolute Gasteiger partial charge is 0.349 e. The van der Waals surface area contributed by atoms with E-state index in [2.05, 4.69) is 28.4 Å². The molecule has 0 radical (unpaired) electrons. The van der Waals surface area contributed by atoms with Crippen LogP contribution in [0.3, 0.4) is 0 Å². The van der Waals surface area contributed by atoms with Crippen LogP contribution in [0.15, 0.2) is 48.5 Å². The monoisotopic (exact) mass is 436 g/mol. The Morgan fingerprint density at radius 3 is 2.61 bits per heavy atom. The van der Waals surface area contributed by atoms with E-state index >= 15 is 0 Å². The van der Waals surface area contributed by atoms with E-state index in [0.717, 1.165) is 42.0 Å². The minimum atomic E-state index is -0.122. The van der Waals surface area contributed by atoms with Crippen LogP contribution in [-0.4, -0.2) is 46.8 Å². The van der Waals surface area contributed by atoms with Gasteiger partial charge in [0, 0.05) is 18.7 Å². The van der Waals surface area contributed by atoms with Crippen molar-refractivity contribution in [3.05, 3.63) is 70.4 Å². The average Bonchev–Trinajstić information content (AvgIpc) is 3.21. The number of aryl methyl sites for hydroxylation is 2. The van der Waals surface area contributed by atoms with Crippen LogP contribution in [0.1, 0.15) is 40.9 Å². The van der Waals surface area contributed by atoms with Crippen molar-refractivity contribution in [3.63, 3.8) is 0 Å². The lowest BCUT2D eigenvalue weighted by atomic mass is 10.1. The van der Waals surface area contributed by atoms with Gasteiger partial charge in [0.1, 0.15) is 5.69 Å². The molecule has 6 heteroatoms. The average molecular weight is 437 g/mol. The number of hydrogen-bond acceptors (Lipinski definition) is 3. The molecule has 1 aliphatic rings. The van der Waals surface area contributed by atoms with Crippen molar-refractivity contribution in [3.8, 4) is 16.9 Å². The normalized spacial score (nSPS) is 14.5. The number of hydrogen-bond donors (Lipinski definition) is 1. The molecule has 0 aliphatic carbocycles. The molecule has 0 bridgehead atoms. The Morgan fingerprint density at radius 2 is 1.84 bits per heavy atom. The van der Waals surface area contributed by atoms with E-state index in [1.807, 2.05) is 44.2 Å². The standard InChI is InChI=1S/C25H29ClN4O/c1-18-10-11-19(2)23(16-18)30-24(17-22(28-30)20-8-4-5-9-21(20)26)25(31)27-12-15-29-13-6-3-7-14-29/h4-5,8-11,16-17H,3,6-7,12-15H2,1-2H3,(H,27,31). The molecule has 0 unspecified atom stereocenters. The minimum Gasteiger partial charge on any atom is -0.349 e. The zero-order valence-electron chi connectivity index (χ0n) is 18.2. The Hall–Kier alpha value is -2.63.